The number of nitriles is 1. The van der Waals surface area contributed by atoms with Crippen molar-refractivity contribution < 1.29 is 9.90 Å². The quantitative estimate of drug-likeness (QED) is 0.624. The van der Waals surface area contributed by atoms with E-state index in [4.69, 9.17) is 5.11 Å². The van der Waals surface area contributed by atoms with Crippen molar-refractivity contribution in [2.24, 2.45) is 0 Å². The summed E-state index contributed by atoms with van der Waals surface area (Å²) in [6.45, 7) is 8.72. The van der Waals surface area contributed by atoms with Crippen LogP contribution < -0.4 is 5.32 Å². The van der Waals surface area contributed by atoms with Crippen molar-refractivity contribution >= 4 is 11.6 Å². The molecule has 1 aromatic carbocycles. The number of aryl methyl sites for hydroxylation is 3. The molecule has 0 saturated carbocycles. The normalized spacial score (nSPS) is 11.0. The highest BCUT2D eigenvalue weighted by atomic mass is 16.3. The lowest BCUT2D eigenvalue weighted by Crippen LogP contribution is -2.24. The summed E-state index contributed by atoms with van der Waals surface area (Å²) in [7, 11) is 0. The minimum absolute atomic E-state index is 0.0228. The number of likely N-dealkylation sites (N-methyl/N-ethyl adjacent to an activating group) is 1. The highest BCUT2D eigenvalue weighted by molar-refractivity contribution is 6.07. The van der Waals surface area contributed by atoms with Crippen molar-refractivity contribution in [2.45, 2.75) is 27.7 Å². The second-order valence-corrected chi connectivity index (χ2v) is 5.23. The van der Waals surface area contributed by atoms with Crippen LogP contribution in [0.15, 0.2) is 23.9 Å². The van der Waals surface area contributed by atoms with E-state index in [1.807, 2.05) is 45.9 Å². The van der Waals surface area contributed by atoms with Crippen LogP contribution in [0.25, 0.3) is 0 Å². The number of nitrogens with zero attached hydrogens (tertiary/aromatic N) is 2. The number of aliphatic hydroxyl groups excluding tert-OH is 1. The van der Waals surface area contributed by atoms with Crippen molar-refractivity contribution in [3.63, 3.8) is 0 Å². The zero-order chi connectivity index (χ0) is 16.7. The first-order valence-corrected chi connectivity index (χ1v) is 7.29. The summed E-state index contributed by atoms with van der Waals surface area (Å²) < 4.78 is 0. The van der Waals surface area contributed by atoms with Crippen molar-refractivity contribution in [1.29, 1.82) is 5.26 Å². The molecular formula is C17H23N3O2. The first-order valence-electron chi connectivity index (χ1n) is 7.29. The molecule has 0 unspecified atom stereocenters. The highest BCUT2D eigenvalue weighted by Gasteiger charge is 2.13. The van der Waals surface area contributed by atoms with Gasteiger partial charge in [0.1, 0.15) is 11.6 Å². The third-order valence-electron chi connectivity index (χ3n) is 3.39. The maximum atomic E-state index is 12.3. The lowest BCUT2D eigenvalue weighted by atomic mass is 10.0. The molecule has 0 heterocycles. The molecule has 0 atom stereocenters. The summed E-state index contributed by atoms with van der Waals surface area (Å²) in [5, 5.41) is 21.0. The van der Waals surface area contributed by atoms with Crippen LogP contribution in [0.3, 0.4) is 0 Å². The molecule has 5 heteroatoms. The molecule has 1 rings (SSSR count). The van der Waals surface area contributed by atoms with Gasteiger partial charge in [-0.3, -0.25) is 4.79 Å². The van der Waals surface area contributed by atoms with E-state index in [9.17, 15) is 10.1 Å². The minimum Gasteiger partial charge on any atom is -0.395 e. The Balaban J connectivity index is 3.00. The fraction of sp³-hybridized carbons (Fsp3) is 0.412. The molecule has 0 aromatic heterocycles. The summed E-state index contributed by atoms with van der Waals surface area (Å²) in [5.74, 6) is -0.436. The molecule has 0 aliphatic heterocycles. The Morgan fingerprint density at radius 1 is 1.36 bits per heavy atom. The Kier molecular flexibility index (Phi) is 6.61. The number of benzene rings is 1. The fourth-order valence-corrected chi connectivity index (χ4v) is 2.32. The van der Waals surface area contributed by atoms with E-state index in [1.54, 1.807) is 4.90 Å². The summed E-state index contributed by atoms with van der Waals surface area (Å²) in [5.41, 5.74) is 3.82. The van der Waals surface area contributed by atoms with Crippen molar-refractivity contribution in [2.75, 3.05) is 25.0 Å². The van der Waals surface area contributed by atoms with Gasteiger partial charge in [0.15, 0.2) is 0 Å². The standard InChI is InChI=1S/C17H23N3O2/c1-5-20(6-7-21)11-15(10-18)17(22)19-16-13(3)8-12(2)9-14(16)4/h8-9,11,21H,5-7H2,1-4H3,(H,19,22)/b15-11-. The van der Waals surface area contributed by atoms with Gasteiger partial charge < -0.3 is 15.3 Å². The van der Waals surface area contributed by atoms with Crippen LogP contribution in [0.5, 0.6) is 0 Å². The van der Waals surface area contributed by atoms with Gasteiger partial charge in [0, 0.05) is 25.0 Å². The maximum absolute atomic E-state index is 12.3. The van der Waals surface area contributed by atoms with E-state index < -0.39 is 5.91 Å². The molecule has 0 aliphatic carbocycles. The first kappa shape index (κ1) is 17.7. The van der Waals surface area contributed by atoms with Crippen LogP contribution in [-0.2, 0) is 4.79 Å². The number of carbonyl (C=O) groups excluding carboxylic acids is 1. The number of anilines is 1. The van der Waals surface area contributed by atoms with Crippen LogP contribution in [0.2, 0.25) is 0 Å². The molecule has 0 aliphatic rings. The van der Waals surface area contributed by atoms with Gasteiger partial charge in [-0.1, -0.05) is 17.7 Å². The Morgan fingerprint density at radius 3 is 2.41 bits per heavy atom. The number of hydrogen-bond acceptors (Lipinski definition) is 4. The predicted octanol–water partition coefficient (Wildman–Crippen LogP) is 2.27. The van der Waals surface area contributed by atoms with Gasteiger partial charge in [-0.15, -0.1) is 0 Å². The molecule has 1 amide bonds. The van der Waals surface area contributed by atoms with E-state index >= 15 is 0 Å². The van der Waals surface area contributed by atoms with E-state index in [2.05, 4.69) is 5.32 Å². The lowest BCUT2D eigenvalue weighted by Gasteiger charge is -2.17. The van der Waals surface area contributed by atoms with Crippen molar-refractivity contribution in [3.05, 3.63) is 40.6 Å². The summed E-state index contributed by atoms with van der Waals surface area (Å²) in [6.07, 6.45) is 1.49. The Hall–Kier alpha value is -2.32. The van der Waals surface area contributed by atoms with Crippen LogP contribution in [0.1, 0.15) is 23.6 Å². The van der Waals surface area contributed by atoms with Gasteiger partial charge >= 0.3 is 0 Å². The molecule has 0 spiro atoms. The Labute approximate surface area is 131 Å². The average Bonchev–Trinajstić information content (AvgIpc) is 2.46. The highest BCUT2D eigenvalue weighted by Crippen LogP contribution is 2.22. The number of aliphatic hydroxyl groups is 1. The van der Waals surface area contributed by atoms with Gasteiger partial charge in [0.25, 0.3) is 5.91 Å². The molecule has 5 nitrogen and oxygen atoms in total. The van der Waals surface area contributed by atoms with Gasteiger partial charge in [-0.05, 0) is 38.8 Å². The third kappa shape index (κ3) is 4.61. The van der Waals surface area contributed by atoms with Gasteiger partial charge in [0.2, 0.25) is 0 Å². The molecular weight excluding hydrogens is 278 g/mol. The molecule has 0 bridgehead atoms. The maximum Gasteiger partial charge on any atom is 0.267 e. The number of rotatable bonds is 6. The number of hydrogen-bond donors (Lipinski definition) is 2. The smallest absolute Gasteiger partial charge is 0.267 e. The van der Waals surface area contributed by atoms with E-state index in [-0.39, 0.29) is 12.2 Å². The van der Waals surface area contributed by atoms with Gasteiger partial charge in [-0.25, -0.2) is 0 Å². The molecule has 2 N–H and O–H groups in total. The largest absolute Gasteiger partial charge is 0.395 e. The van der Waals surface area contributed by atoms with Crippen molar-refractivity contribution in [1.82, 2.24) is 4.90 Å². The fourth-order valence-electron chi connectivity index (χ4n) is 2.32. The first-order chi connectivity index (χ1) is 10.4. The Bertz CT molecular complexity index is 592. The molecule has 0 saturated heterocycles. The van der Waals surface area contributed by atoms with Crippen LogP contribution in [-0.4, -0.2) is 35.6 Å². The van der Waals surface area contributed by atoms with Crippen LogP contribution in [0.4, 0.5) is 5.69 Å². The minimum atomic E-state index is -0.436. The second kappa shape index (κ2) is 8.20. The monoisotopic (exact) mass is 301 g/mol. The zero-order valence-electron chi connectivity index (χ0n) is 13.6. The van der Waals surface area contributed by atoms with E-state index in [0.717, 1.165) is 22.4 Å². The Morgan fingerprint density at radius 2 is 1.95 bits per heavy atom. The number of carbonyl (C=O) groups is 1. The van der Waals surface area contributed by atoms with E-state index in [0.29, 0.717) is 13.1 Å². The lowest BCUT2D eigenvalue weighted by molar-refractivity contribution is -0.112. The summed E-state index contributed by atoms with van der Waals surface area (Å²) >= 11 is 0. The molecule has 0 fully saturated rings. The number of nitrogens with one attached hydrogen (secondary N) is 1. The third-order valence-corrected chi connectivity index (χ3v) is 3.39. The molecule has 0 radical (unpaired) electrons. The summed E-state index contributed by atoms with van der Waals surface area (Å²) in [4.78, 5) is 14.0. The predicted molar refractivity (Wildman–Crippen MR) is 87.3 cm³/mol. The van der Waals surface area contributed by atoms with Crippen LogP contribution in [0, 0.1) is 32.1 Å². The zero-order valence-corrected chi connectivity index (χ0v) is 13.6. The SMILES string of the molecule is CCN(/C=C(/C#N)C(=O)Nc1c(C)cc(C)cc1C)CCO. The van der Waals surface area contributed by atoms with Crippen molar-refractivity contribution in [3.8, 4) is 6.07 Å². The molecule has 22 heavy (non-hydrogen) atoms. The van der Waals surface area contributed by atoms with Crippen LogP contribution >= 0.6 is 0 Å². The topological polar surface area (TPSA) is 76.4 Å². The number of amides is 1. The molecule has 118 valence electrons. The molecule has 1 aromatic rings. The average molecular weight is 301 g/mol. The van der Waals surface area contributed by atoms with Gasteiger partial charge in [-0.2, -0.15) is 5.26 Å². The van der Waals surface area contributed by atoms with Gasteiger partial charge in [0.05, 0.1) is 6.61 Å². The van der Waals surface area contributed by atoms with E-state index in [1.165, 1.54) is 6.20 Å². The second-order valence-electron chi connectivity index (χ2n) is 5.23. The summed E-state index contributed by atoms with van der Waals surface area (Å²) in [6, 6.07) is 5.90.